The Kier molecular flexibility index (Phi) is 8.04. The first-order valence-electron chi connectivity index (χ1n) is 11.6. The average Bonchev–Trinajstić information content (AvgIpc) is 3.49. The zero-order valence-corrected chi connectivity index (χ0v) is 19.1. The van der Waals surface area contributed by atoms with E-state index in [0.717, 1.165) is 64.0 Å². The molecule has 0 radical (unpaired) electrons. The van der Waals surface area contributed by atoms with Crippen molar-refractivity contribution >= 4 is 17.4 Å². The minimum Gasteiger partial charge on any atom is -0.335 e. The molecular weight excluding hydrogens is 402 g/mol. The van der Waals surface area contributed by atoms with E-state index < -0.39 is 0 Å². The molecule has 1 aliphatic carbocycles. The predicted octanol–water partition coefficient (Wildman–Crippen LogP) is 4.97. The molecule has 1 N–H and O–H groups in total. The number of urea groups is 1. The molecule has 164 valence electrons. The second-order valence-corrected chi connectivity index (χ2v) is 9.61. The van der Waals surface area contributed by atoms with Crippen LogP contribution in [0.2, 0.25) is 0 Å². The van der Waals surface area contributed by atoms with Crippen molar-refractivity contribution in [3.8, 4) is 11.8 Å². The molecule has 2 aliphatic rings. The minimum absolute atomic E-state index is 0.147. The molecular formula is C26H33N3OS. The van der Waals surface area contributed by atoms with Crippen molar-refractivity contribution in [1.29, 1.82) is 0 Å². The van der Waals surface area contributed by atoms with Crippen LogP contribution >= 0.6 is 11.3 Å². The number of carbonyl (C=O) groups is 1. The molecule has 1 saturated heterocycles. The molecule has 1 saturated carbocycles. The van der Waals surface area contributed by atoms with Crippen LogP contribution in [-0.4, -0.2) is 48.1 Å². The normalized spacial score (nSPS) is 17.5. The number of nitrogens with zero attached hydrogens (tertiary/aromatic N) is 2. The van der Waals surface area contributed by atoms with Crippen molar-refractivity contribution in [2.24, 2.45) is 5.92 Å². The van der Waals surface area contributed by atoms with Crippen molar-refractivity contribution in [3.05, 3.63) is 58.3 Å². The van der Waals surface area contributed by atoms with Crippen molar-refractivity contribution in [1.82, 2.24) is 15.1 Å². The van der Waals surface area contributed by atoms with Gasteiger partial charge in [-0.3, -0.25) is 4.90 Å². The summed E-state index contributed by atoms with van der Waals surface area (Å²) in [6.45, 7) is 4.48. The highest BCUT2D eigenvalue weighted by molar-refractivity contribution is 7.07. The Hall–Kier alpha value is -2.29. The Morgan fingerprint density at radius 3 is 2.58 bits per heavy atom. The second-order valence-electron chi connectivity index (χ2n) is 8.83. The van der Waals surface area contributed by atoms with E-state index in [1.807, 2.05) is 23.1 Å². The van der Waals surface area contributed by atoms with Crippen molar-refractivity contribution < 1.29 is 4.79 Å². The van der Waals surface area contributed by atoms with Gasteiger partial charge in [-0.1, -0.05) is 42.9 Å². The van der Waals surface area contributed by atoms with E-state index in [4.69, 9.17) is 0 Å². The van der Waals surface area contributed by atoms with Gasteiger partial charge >= 0.3 is 6.03 Å². The van der Waals surface area contributed by atoms with Crippen LogP contribution in [0.3, 0.4) is 0 Å². The average molecular weight is 436 g/mol. The van der Waals surface area contributed by atoms with Crippen LogP contribution in [0.1, 0.15) is 49.7 Å². The molecule has 4 nitrogen and oxygen atoms in total. The highest BCUT2D eigenvalue weighted by atomic mass is 32.1. The molecule has 31 heavy (non-hydrogen) atoms. The third-order valence-corrected chi connectivity index (χ3v) is 7.13. The largest absolute Gasteiger partial charge is 0.335 e. The Bertz CT molecular complexity index is 857. The molecule has 4 rings (SSSR count). The van der Waals surface area contributed by atoms with Crippen LogP contribution in [0.15, 0.2) is 47.2 Å². The molecule has 0 bridgehead atoms. The number of nitrogens with one attached hydrogen (secondary N) is 1. The number of hydrogen-bond acceptors (Lipinski definition) is 3. The first-order valence-corrected chi connectivity index (χ1v) is 12.5. The summed E-state index contributed by atoms with van der Waals surface area (Å²) in [5, 5.41) is 7.61. The summed E-state index contributed by atoms with van der Waals surface area (Å²) in [6, 6.07) is 13.0. The van der Waals surface area contributed by atoms with Crippen molar-refractivity contribution in [2.75, 3.05) is 26.2 Å². The number of likely N-dealkylation sites (tertiary alicyclic amines) is 1. The zero-order valence-electron chi connectivity index (χ0n) is 18.3. The summed E-state index contributed by atoms with van der Waals surface area (Å²) in [6.07, 6.45) is 6.93. The molecule has 2 fully saturated rings. The van der Waals surface area contributed by atoms with Crippen LogP contribution in [0.25, 0.3) is 0 Å². The summed E-state index contributed by atoms with van der Waals surface area (Å²) < 4.78 is 0. The van der Waals surface area contributed by atoms with E-state index in [-0.39, 0.29) is 6.03 Å². The third-order valence-electron chi connectivity index (χ3n) is 6.40. The number of hydrogen-bond donors (Lipinski definition) is 1. The lowest BCUT2D eigenvalue weighted by Crippen LogP contribution is -2.48. The smallest absolute Gasteiger partial charge is 0.317 e. The van der Waals surface area contributed by atoms with E-state index in [9.17, 15) is 4.79 Å². The maximum Gasteiger partial charge on any atom is 0.317 e. The molecule has 0 atom stereocenters. The number of thiophene rings is 1. The van der Waals surface area contributed by atoms with Crippen LogP contribution in [0, 0.1) is 17.8 Å². The fraction of sp³-hybridized carbons (Fsp3) is 0.500. The van der Waals surface area contributed by atoms with Gasteiger partial charge in [-0.15, -0.1) is 0 Å². The van der Waals surface area contributed by atoms with E-state index in [1.54, 1.807) is 11.3 Å². The number of piperidine rings is 1. The molecule has 1 aromatic carbocycles. The molecule has 2 amide bonds. The molecule has 0 spiro atoms. The first-order chi connectivity index (χ1) is 15.3. The lowest BCUT2D eigenvalue weighted by molar-refractivity contribution is 0.147. The van der Waals surface area contributed by atoms with E-state index in [0.29, 0.717) is 12.0 Å². The maximum atomic E-state index is 12.6. The highest BCUT2D eigenvalue weighted by Gasteiger charge is 2.26. The lowest BCUT2D eigenvalue weighted by atomic mass is 9.96. The molecule has 1 aromatic heterocycles. The first kappa shape index (κ1) is 21.9. The van der Waals surface area contributed by atoms with Crippen LogP contribution in [-0.2, 0) is 6.54 Å². The molecule has 5 heteroatoms. The quantitative estimate of drug-likeness (QED) is 0.651. The van der Waals surface area contributed by atoms with E-state index >= 15 is 0 Å². The van der Waals surface area contributed by atoms with Gasteiger partial charge in [0.2, 0.25) is 0 Å². The van der Waals surface area contributed by atoms with Crippen LogP contribution in [0.5, 0.6) is 0 Å². The van der Waals surface area contributed by atoms with Gasteiger partial charge < -0.3 is 10.2 Å². The molecule has 2 aromatic rings. The summed E-state index contributed by atoms with van der Waals surface area (Å²) in [4.78, 5) is 17.0. The number of amides is 2. The van der Waals surface area contributed by atoms with Gasteiger partial charge in [0.25, 0.3) is 0 Å². The van der Waals surface area contributed by atoms with Gasteiger partial charge in [0, 0.05) is 37.8 Å². The fourth-order valence-electron chi connectivity index (χ4n) is 4.62. The topological polar surface area (TPSA) is 35.6 Å². The summed E-state index contributed by atoms with van der Waals surface area (Å²) in [5.41, 5.74) is 2.43. The zero-order chi connectivity index (χ0) is 21.3. The summed E-state index contributed by atoms with van der Waals surface area (Å²) in [7, 11) is 0. The molecule has 1 aliphatic heterocycles. The van der Waals surface area contributed by atoms with Gasteiger partial charge in [0.1, 0.15) is 0 Å². The minimum atomic E-state index is 0.147. The van der Waals surface area contributed by atoms with E-state index in [2.05, 4.69) is 51.0 Å². The fourth-order valence-corrected chi connectivity index (χ4v) is 5.28. The second kappa shape index (κ2) is 11.4. The van der Waals surface area contributed by atoms with Crippen LogP contribution < -0.4 is 5.32 Å². The number of benzene rings is 1. The maximum absolute atomic E-state index is 12.6. The summed E-state index contributed by atoms with van der Waals surface area (Å²) in [5.74, 6) is 7.29. The lowest BCUT2D eigenvalue weighted by Gasteiger charge is -2.35. The van der Waals surface area contributed by atoms with Crippen LogP contribution in [0.4, 0.5) is 4.79 Å². The van der Waals surface area contributed by atoms with Gasteiger partial charge in [0.05, 0.1) is 6.54 Å². The highest BCUT2D eigenvalue weighted by Crippen LogP contribution is 2.22. The van der Waals surface area contributed by atoms with Gasteiger partial charge in [0.15, 0.2) is 0 Å². The van der Waals surface area contributed by atoms with Gasteiger partial charge in [-0.05, 0) is 66.1 Å². The number of rotatable bonds is 6. The predicted molar refractivity (Wildman–Crippen MR) is 128 cm³/mol. The SMILES string of the molecule is O=C(NC1CCCC1)N1CCC(CN(CC#Cc2ccccc2)Cc2ccsc2)CC1. The Morgan fingerprint density at radius 2 is 1.87 bits per heavy atom. The van der Waals surface area contributed by atoms with E-state index in [1.165, 1.54) is 18.4 Å². The molecule has 2 heterocycles. The third kappa shape index (κ3) is 6.85. The Balaban J connectivity index is 1.28. The monoisotopic (exact) mass is 435 g/mol. The Labute approximate surface area is 190 Å². The Morgan fingerprint density at radius 1 is 1.10 bits per heavy atom. The van der Waals surface area contributed by atoms with Crippen molar-refractivity contribution in [3.63, 3.8) is 0 Å². The van der Waals surface area contributed by atoms with Crippen molar-refractivity contribution in [2.45, 2.75) is 51.1 Å². The van der Waals surface area contributed by atoms with Gasteiger partial charge in [-0.25, -0.2) is 4.79 Å². The number of carbonyl (C=O) groups excluding carboxylic acids is 1. The summed E-state index contributed by atoms with van der Waals surface area (Å²) >= 11 is 1.75. The van der Waals surface area contributed by atoms with Gasteiger partial charge in [-0.2, -0.15) is 11.3 Å². The standard InChI is InChI=1S/C26H33N3OS/c30-26(27-25-10-4-5-11-25)29-16-12-23(13-17-29)19-28(20-24-14-18-31-21-24)15-6-9-22-7-2-1-3-8-22/h1-3,7-8,14,18,21,23,25H,4-5,10-13,15-17,19-20H2,(H,27,30). The molecule has 0 unspecified atom stereocenters.